The molecule has 0 bridgehead atoms. The second-order valence-electron chi connectivity index (χ2n) is 5.93. The number of hydrogen-bond acceptors (Lipinski definition) is 1. The lowest BCUT2D eigenvalue weighted by Gasteiger charge is -2.21. The van der Waals surface area contributed by atoms with Gasteiger partial charge < -0.3 is 5.11 Å². The molecule has 0 aliphatic heterocycles. The molecule has 1 atom stereocenters. The molecule has 0 aliphatic rings. The standard InChI is InChI=1S/C15H21ClO2/c1-15(2,3)9-8-12(14(17)18)10-11-6-4-5-7-13(11)16/h4-7,12H,8-10H2,1-3H3,(H,17,18). The van der Waals surface area contributed by atoms with Crippen LogP contribution in [0.1, 0.15) is 39.2 Å². The van der Waals surface area contributed by atoms with Crippen LogP contribution in [0.5, 0.6) is 0 Å². The van der Waals surface area contributed by atoms with Crippen LogP contribution in [0.4, 0.5) is 0 Å². The summed E-state index contributed by atoms with van der Waals surface area (Å²) in [5.74, 6) is -1.09. The molecule has 1 aromatic rings. The first kappa shape index (κ1) is 15.0. The summed E-state index contributed by atoms with van der Waals surface area (Å²) in [6, 6.07) is 7.45. The fourth-order valence-corrected chi connectivity index (χ4v) is 2.06. The zero-order chi connectivity index (χ0) is 13.8. The van der Waals surface area contributed by atoms with Crippen LogP contribution in [-0.4, -0.2) is 11.1 Å². The van der Waals surface area contributed by atoms with E-state index in [1.54, 1.807) is 6.07 Å². The van der Waals surface area contributed by atoms with Gasteiger partial charge in [-0.15, -0.1) is 0 Å². The molecule has 3 heteroatoms. The van der Waals surface area contributed by atoms with Gasteiger partial charge in [0.15, 0.2) is 0 Å². The van der Waals surface area contributed by atoms with Crippen molar-refractivity contribution in [2.75, 3.05) is 0 Å². The molecule has 0 amide bonds. The molecule has 2 nitrogen and oxygen atoms in total. The van der Waals surface area contributed by atoms with Gasteiger partial charge in [-0.05, 0) is 36.3 Å². The Labute approximate surface area is 114 Å². The third kappa shape index (κ3) is 5.09. The summed E-state index contributed by atoms with van der Waals surface area (Å²) in [5.41, 5.74) is 1.08. The average Bonchev–Trinajstić information content (AvgIpc) is 2.24. The Morgan fingerprint density at radius 2 is 1.94 bits per heavy atom. The fraction of sp³-hybridized carbons (Fsp3) is 0.533. The average molecular weight is 269 g/mol. The number of rotatable bonds is 5. The molecule has 0 aromatic heterocycles. The van der Waals surface area contributed by atoms with E-state index in [1.165, 1.54) is 0 Å². The van der Waals surface area contributed by atoms with Crippen LogP contribution in [0.3, 0.4) is 0 Å². The van der Waals surface area contributed by atoms with Crippen LogP contribution < -0.4 is 0 Å². The van der Waals surface area contributed by atoms with Gasteiger partial charge in [0.1, 0.15) is 0 Å². The van der Waals surface area contributed by atoms with Gasteiger partial charge in [0.2, 0.25) is 0 Å². The molecule has 0 aliphatic carbocycles. The van der Waals surface area contributed by atoms with E-state index in [1.807, 2.05) is 18.2 Å². The third-order valence-electron chi connectivity index (χ3n) is 3.02. The van der Waals surface area contributed by atoms with Crippen LogP contribution in [0.25, 0.3) is 0 Å². The maximum Gasteiger partial charge on any atom is 0.306 e. The van der Waals surface area contributed by atoms with Crippen molar-refractivity contribution in [3.63, 3.8) is 0 Å². The zero-order valence-corrected chi connectivity index (χ0v) is 12.0. The third-order valence-corrected chi connectivity index (χ3v) is 3.38. The number of benzene rings is 1. The van der Waals surface area contributed by atoms with Crippen molar-refractivity contribution < 1.29 is 9.90 Å². The second kappa shape index (κ2) is 6.24. The van der Waals surface area contributed by atoms with Crippen molar-refractivity contribution in [3.8, 4) is 0 Å². The molecule has 100 valence electrons. The quantitative estimate of drug-likeness (QED) is 0.859. The monoisotopic (exact) mass is 268 g/mol. The molecule has 0 heterocycles. The number of carboxylic acid groups (broad SMARTS) is 1. The van der Waals surface area contributed by atoms with Crippen LogP contribution in [-0.2, 0) is 11.2 Å². The van der Waals surface area contributed by atoms with Gasteiger partial charge in [0.05, 0.1) is 5.92 Å². The second-order valence-corrected chi connectivity index (χ2v) is 6.34. The summed E-state index contributed by atoms with van der Waals surface area (Å²) in [7, 11) is 0. The van der Waals surface area contributed by atoms with Crippen LogP contribution in [0, 0.1) is 11.3 Å². The molecular weight excluding hydrogens is 248 g/mol. The van der Waals surface area contributed by atoms with Gasteiger partial charge in [-0.25, -0.2) is 0 Å². The molecule has 1 unspecified atom stereocenters. The Morgan fingerprint density at radius 1 is 1.33 bits per heavy atom. The summed E-state index contributed by atoms with van der Waals surface area (Å²) in [6.45, 7) is 6.38. The van der Waals surface area contributed by atoms with E-state index >= 15 is 0 Å². The maximum atomic E-state index is 11.3. The molecule has 0 fully saturated rings. The van der Waals surface area contributed by atoms with Gasteiger partial charge in [0.25, 0.3) is 0 Å². The summed E-state index contributed by atoms with van der Waals surface area (Å²) >= 11 is 6.07. The van der Waals surface area contributed by atoms with Crippen molar-refractivity contribution in [2.45, 2.75) is 40.0 Å². The highest BCUT2D eigenvalue weighted by Gasteiger charge is 2.22. The summed E-state index contributed by atoms with van der Waals surface area (Å²) < 4.78 is 0. The van der Waals surface area contributed by atoms with Crippen molar-refractivity contribution in [2.24, 2.45) is 11.3 Å². The van der Waals surface area contributed by atoms with Crippen LogP contribution in [0.2, 0.25) is 5.02 Å². The van der Waals surface area contributed by atoms with E-state index < -0.39 is 5.97 Å². The van der Waals surface area contributed by atoms with Crippen molar-refractivity contribution in [3.05, 3.63) is 34.9 Å². The largest absolute Gasteiger partial charge is 0.481 e. The number of carbonyl (C=O) groups is 1. The van der Waals surface area contributed by atoms with E-state index in [4.69, 9.17) is 11.6 Å². The predicted octanol–water partition coefficient (Wildman–Crippen LogP) is 4.41. The smallest absolute Gasteiger partial charge is 0.306 e. The van der Waals surface area contributed by atoms with E-state index in [2.05, 4.69) is 20.8 Å². The highest BCUT2D eigenvalue weighted by molar-refractivity contribution is 6.31. The predicted molar refractivity (Wildman–Crippen MR) is 75.0 cm³/mol. The fourth-order valence-electron chi connectivity index (χ4n) is 1.85. The highest BCUT2D eigenvalue weighted by atomic mass is 35.5. The van der Waals surface area contributed by atoms with Crippen molar-refractivity contribution in [1.29, 1.82) is 0 Å². The number of hydrogen-bond donors (Lipinski definition) is 1. The lowest BCUT2D eigenvalue weighted by Crippen LogP contribution is -2.19. The summed E-state index contributed by atoms with van der Waals surface area (Å²) in [5, 5.41) is 9.93. The minimum absolute atomic E-state index is 0.161. The van der Waals surface area contributed by atoms with E-state index in [-0.39, 0.29) is 11.3 Å². The van der Waals surface area contributed by atoms with Crippen molar-refractivity contribution >= 4 is 17.6 Å². The maximum absolute atomic E-state index is 11.3. The Balaban J connectivity index is 2.70. The number of aliphatic carboxylic acids is 1. The molecule has 0 spiro atoms. The van der Waals surface area contributed by atoms with Gasteiger partial charge in [-0.2, -0.15) is 0 Å². The molecule has 0 radical (unpaired) electrons. The van der Waals surface area contributed by atoms with E-state index in [0.717, 1.165) is 12.0 Å². The Morgan fingerprint density at radius 3 is 2.44 bits per heavy atom. The number of halogens is 1. The molecule has 0 saturated carbocycles. The van der Waals surface area contributed by atoms with E-state index in [0.29, 0.717) is 17.9 Å². The van der Waals surface area contributed by atoms with Crippen molar-refractivity contribution in [1.82, 2.24) is 0 Å². The first-order chi connectivity index (χ1) is 8.29. The van der Waals surface area contributed by atoms with Gasteiger partial charge in [-0.3, -0.25) is 4.79 Å². The lowest BCUT2D eigenvalue weighted by atomic mass is 9.84. The molecule has 1 rings (SSSR count). The molecule has 1 aromatic carbocycles. The normalized spacial score (nSPS) is 13.3. The molecule has 1 N–H and O–H groups in total. The SMILES string of the molecule is CC(C)(C)CCC(Cc1ccccc1Cl)C(=O)O. The van der Waals surface area contributed by atoms with Crippen LogP contribution in [0.15, 0.2) is 24.3 Å². The summed E-state index contributed by atoms with van der Waals surface area (Å²) in [6.07, 6.45) is 2.09. The summed E-state index contributed by atoms with van der Waals surface area (Å²) in [4.78, 5) is 11.3. The Hall–Kier alpha value is -1.02. The van der Waals surface area contributed by atoms with Gasteiger partial charge in [0, 0.05) is 5.02 Å². The lowest BCUT2D eigenvalue weighted by molar-refractivity contribution is -0.142. The molecule has 18 heavy (non-hydrogen) atoms. The topological polar surface area (TPSA) is 37.3 Å². The van der Waals surface area contributed by atoms with Gasteiger partial charge >= 0.3 is 5.97 Å². The minimum Gasteiger partial charge on any atom is -0.481 e. The zero-order valence-electron chi connectivity index (χ0n) is 11.2. The molecular formula is C15H21ClO2. The Bertz CT molecular complexity index is 407. The molecule has 0 saturated heterocycles. The highest BCUT2D eigenvalue weighted by Crippen LogP contribution is 2.27. The van der Waals surface area contributed by atoms with Crippen LogP contribution >= 0.6 is 11.6 Å². The first-order valence-electron chi connectivity index (χ1n) is 6.26. The van der Waals surface area contributed by atoms with Gasteiger partial charge in [-0.1, -0.05) is 50.6 Å². The minimum atomic E-state index is -0.737. The van der Waals surface area contributed by atoms with E-state index in [9.17, 15) is 9.90 Å². The Kier molecular flexibility index (Phi) is 5.21. The first-order valence-corrected chi connectivity index (χ1v) is 6.63. The number of carboxylic acids is 1.